The lowest BCUT2D eigenvalue weighted by Gasteiger charge is -2.16. The van der Waals surface area contributed by atoms with Crippen molar-refractivity contribution in [3.8, 4) is 0 Å². The normalized spacial score (nSPS) is 11.0. The van der Waals surface area contributed by atoms with Gasteiger partial charge in [0.15, 0.2) is 0 Å². The Labute approximate surface area is 169 Å². The number of nitrogens with one attached hydrogen (secondary N) is 1. The second-order valence-corrected chi connectivity index (χ2v) is 7.31. The van der Waals surface area contributed by atoms with Crippen molar-refractivity contribution in [1.82, 2.24) is 4.90 Å². The van der Waals surface area contributed by atoms with Crippen molar-refractivity contribution in [3.63, 3.8) is 0 Å². The summed E-state index contributed by atoms with van der Waals surface area (Å²) in [6.07, 6.45) is 3.17. The standard InChI is InChI=1S/C21H22Cl2N2O2/c1-14(2)16-10-7-15(8-11-16)9-12-20(27)25(3)13-19(26)24-21-17(22)5-4-6-18(21)23/h4-12,14H,13H2,1-3H3,(H,24,26)/b12-9+. The van der Waals surface area contributed by atoms with Crippen molar-refractivity contribution in [1.29, 1.82) is 0 Å². The minimum Gasteiger partial charge on any atom is -0.333 e. The van der Waals surface area contributed by atoms with E-state index in [-0.39, 0.29) is 18.4 Å². The van der Waals surface area contributed by atoms with Crippen LogP contribution in [0.4, 0.5) is 5.69 Å². The van der Waals surface area contributed by atoms with Gasteiger partial charge in [-0.3, -0.25) is 9.59 Å². The van der Waals surface area contributed by atoms with Crippen LogP contribution in [0, 0.1) is 0 Å². The highest BCUT2D eigenvalue weighted by atomic mass is 35.5. The molecule has 6 heteroatoms. The van der Waals surface area contributed by atoms with E-state index < -0.39 is 0 Å². The summed E-state index contributed by atoms with van der Waals surface area (Å²) in [4.78, 5) is 25.7. The van der Waals surface area contributed by atoms with Gasteiger partial charge in [0.25, 0.3) is 0 Å². The molecule has 0 bridgehead atoms. The number of halogens is 2. The molecule has 4 nitrogen and oxygen atoms in total. The monoisotopic (exact) mass is 404 g/mol. The van der Waals surface area contributed by atoms with E-state index >= 15 is 0 Å². The first-order chi connectivity index (χ1) is 12.8. The fraction of sp³-hybridized carbons (Fsp3) is 0.238. The predicted molar refractivity (Wildman–Crippen MR) is 112 cm³/mol. The Morgan fingerprint density at radius 2 is 1.67 bits per heavy atom. The lowest BCUT2D eigenvalue weighted by atomic mass is 10.0. The zero-order valence-corrected chi connectivity index (χ0v) is 17.0. The lowest BCUT2D eigenvalue weighted by Crippen LogP contribution is -2.34. The predicted octanol–water partition coefficient (Wildman–Crippen LogP) is 5.23. The SMILES string of the molecule is CC(C)c1ccc(/C=C/C(=O)N(C)CC(=O)Nc2c(Cl)cccc2Cl)cc1. The summed E-state index contributed by atoms with van der Waals surface area (Å²) in [6, 6.07) is 13.0. The maximum atomic E-state index is 12.2. The molecule has 0 aliphatic heterocycles. The molecule has 2 aromatic carbocycles. The second kappa shape index (κ2) is 9.58. The van der Waals surface area contributed by atoms with Crippen LogP contribution >= 0.6 is 23.2 Å². The van der Waals surface area contributed by atoms with Crippen molar-refractivity contribution in [2.24, 2.45) is 0 Å². The molecule has 0 aliphatic carbocycles. The van der Waals surface area contributed by atoms with Gasteiger partial charge in [0.05, 0.1) is 22.3 Å². The molecule has 0 fully saturated rings. The van der Waals surface area contributed by atoms with Crippen LogP contribution in [-0.4, -0.2) is 30.3 Å². The first-order valence-corrected chi connectivity index (χ1v) is 9.30. The van der Waals surface area contributed by atoms with E-state index in [4.69, 9.17) is 23.2 Å². The Balaban J connectivity index is 1.93. The quantitative estimate of drug-likeness (QED) is 0.670. The number of likely N-dealkylation sites (N-methyl/N-ethyl adjacent to an activating group) is 1. The van der Waals surface area contributed by atoms with Gasteiger partial charge >= 0.3 is 0 Å². The number of anilines is 1. The number of hydrogen-bond donors (Lipinski definition) is 1. The van der Waals surface area contributed by atoms with Crippen molar-refractivity contribution in [2.75, 3.05) is 18.9 Å². The molecule has 0 aromatic heterocycles. The molecule has 0 unspecified atom stereocenters. The summed E-state index contributed by atoms with van der Waals surface area (Å²) in [6.45, 7) is 4.14. The number of carbonyl (C=O) groups excluding carboxylic acids is 2. The molecule has 0 radical (unpaired) electrons. The zero-order valence-electron chi connectivity index (χ0n) is 15.5. The summed E-state index contributed by atoms with van der Waals surface area (Å²) >= 11 is 12.1. The highest BCUT2D eigenvalue weighted by Gasteiger charge is 2.13. The third-order valence-electron chi connectivity index (χ3n) is 4.01. The van der Waals surface area contributed by atoms with E-state index in [0.717, 1.165) is 5.56 Å². The highest BCUT2D eigenvalue weighted by molar-refractivity contribution is 6.39. The number of benzene rings is 2. The third-order valence-corrected chi connectivity index (χ3v) is 4.64. The maximum Gasteiger partial charge on any atom is 0.246 e. The van der Waals surface area contributed by atoms with Gasteiger partial charge in [-0.1, -0.05) is 67.4 Å². The summed E-state index contributed by atoms with van der Waals surface area (Å²) in [5.74, 6) is -0.195. The zero-order chi connectivity index (χ0) is 20.0. The fourth-order valence-electron chi connectivity index (χ4n) is 2.38. The molecule has 142 valence electrons. The van der Waals surface area contributed by atoms with Crippen LogP contribution in [0.1, 0.15) is 30.9 Å². The molecule has 0 saturated heterocycles. The Morgan fingerprint density at radius 3 is 2.22 bits per heavy atom. The summed E-state index contributed by atoms with van der Waals surface area (Å²) in [7, 11) is 1.56. The van der Waals surface area contributed by atoms with E-state index in [9.17, 15) is 9.59 Å². The Hall–Kier alpha value is -2.30. The van der Waals surface area contributed by atoms with Crippen molar-refractivity contribution in [3.05, 3.63) is 69.7 Å². The van der Waals surface area contributed by atoms with Gasteiger partial charge in [-0.25, -0.2) is 0 Å². The molecule has 1 N–H and O–H groups in total. The van der Waals surface area contributed by atoms with E-state index in [1.54, 1.807) is 31.3 Å². The van der Waals surface area contributed by atoms with Crippen molar-refractivity contribution < 1.29 is 9.59 Å². The van der Waals surface area contributed by atoms with Gasteiger partial charge in [0.1, 0.15) is 0 Å². The molecule has 0 spiro atoms. The molecule has 0 aliphatic rings. The largest absolute Gasteiger partial charge is 0.333 e. The number of hydrogen-bond acceptors (Lipinski definition) is 2. The smallest absolute Gasteiger partial charge is 0.246 e. The first kappa shape index (κ1) is 21.0. The van der Waals surface area contributed by atoms with Crippen molar-refractivity contribution >= 4 is 46.8 Å². The minimum atomic E-state index is -0.379. The average Bonchev–Trinajstić information content (AvgIpc) is 2.63. The number of carbonyl (C=O) groups is 2. The fourth-order valence-corrected chi connectivity index (χ4v) is 2.87. The van der Waals surface area contributed by atoms with Crippen molar-refractivity contribution in [2.45, 2.75) is 19.8 Å². The number of rotatable bonds is 6. The van der Waals surface area contributed by atoms with Gasteiger partial charge in [0.2, 0.25) is 11.8 Å². The molecular formula is C21H22Cl2N2O2. The molecule has 0 heterocycles. The summed E-state index contributed by atoms with van der Waals surface area (Å²) in [5, 5.41) is 3.32. The van der Waals surface area contributed by atoms with E-state index in [1.165, 1.54) is 16.5 Å². The van der Waals surface area contributed by atoms with Gasteiger partial charge in [-0.15, -0.1) is 0 Å². The lowest BCUT2D eigenvalue weighted by molar-refractivity contribution is -0.129. The van der Waals surface area contributed by atoms with E-state index in [2.05, 4.69) is 19.2 Å². The Kier molecular flexibility index (Phi) is 7.45. The van der Waals surface area contributed by atoms with E-state index in [0.29, 0.717) is 21.7 Å². The topological polar surface area (TPSA) is 49.4 Å². The van der Waals surface area contributed by atoms with Crippen LogP contribution in [0.2, 0.25) is 10.0 Å². The van der Waals surface area contributed by atoms with Crippen LogP contribution in [0.15, 0.2) is 48.5 Å². The van der Waals surface area contributed by atoms with Crippen LogP contribution in [-0.2, 0) is 9.59 Å². The van der Waals surface area contributed by atoms with Gasteiger partial charge < -0.3 is 10.2 Å². The van der Waals surface area contributed by atoms with Crippen LogP contribution in [0.25, 0.3) is 6.08 Å². The summed E-state index contributed by atoms with van der Waals surface area (Å²) < 4.78 is 0. The molecule has 2 amide bonds. The maximum absolute atomic E-state index is 12.2. The average molecular weight is 405 g/mol. The van der Waals surface area contributed by atoms with E-state index in [1.807, 2.05) is 24.3 Å². The first-order valence-electron chi connectivity index (χ1n) is 8.55. The van der Waals surface area contributed by atoms with Gasteiger partial charge in [-0.05, 0) is 35.3 Å². The molecule has 0 atom stereocenters. The van der Waals surface area contributed by atoms with Crippen LogP contribution < -0.4 is 5.32 Å². The second-order valence-electron chi connectivity index (χ2n) is 6.49. The third kappa shape index (κ3) is 6.12. The number of nitrogens with zero attached hydrogens (tertiary/aromatic N) is 1. The van der Waals surface area contributed by atoms with Gasteiger partial charge in [-0.2, -0.15) is 0 Å². The Bertz CT molecular complexity index is 826. The highest BCUT2D eigenvalue weighted by Crippen LogP contribution is 2.29. The molecule has 0 saturated carbocycles. The molecule has 2 rings (SSSR count). The van der Waals surface area contributed by atoms with Crippen LogP contribution in [0.3, 0.4) is 0 Å². The summed E-state index contributed by atoms with van der Waals surface area (Å²) in [5.41, 5.74) is 2.51. The molecular weight excluding hydrogens is 383 g/mol. The minimum absolute atomic E-state index is 0.114. The number of amides is 2. The molecule has 27 heavy (non-hydrogen) atoms. The van der Waals surface area contributed by atoms with Gasteiger partial charge in [0, 0.05) is 13.1 Å². The number of para-hydroxylation sites is 1. The Morgan fingerprint density at radius 1 is 1.07 bits per heavy atom. The molecule has 2 aromatic rings. The van der Waals surface area contributed by atoms with Crippen LogP contribution in [0.5, 0.6) is 0 Å².